The summed E-state index contributed by atoms with van der Waals surface area (Å²) in [6, 6.07) is 6.83. The topological polar surface area (TPSA) is 88.7 Å². The fraction of sp³-hybridized carbons (Fsp3) is 0.250. The van der Waals surface area contributed by atoms with Gasteiger partial charge in [0.25, 0.3) is 0 Å². The van der Waals surface area contributed by atoms with E-state index in [4.69, 9.17) is 17.0 Å². The SMILES string of the molecule is CCOC(=O)NC(=S)Nc1ccccc1NC(=O)OC. The van der Waals surface area contributed by atoms with Crippen LogP contribution in [-0.4, -0.2) is 31.0 Å². The van der Waals surface area contributed by atoms with Gasteiger partial charge in [-0.2, -0.15) is 0 Å². The van der Waals surface area contributed by atoms with E-state index in [0.29, 0.717) is 11.4 Å². The number of para-hydroxylation sites is 2. The van der Waals surface area contributed by atoms with Gasteiger partial charge in [0.1, 0.15) is 0 Å². The number of amides is 2. The highest BCUT2D eigenvalue weighted by molar-refractivity contribution is 7.80. The van der Waals surface area contributed by atoms with Gasteiger partial charge in [-0.05, 0) is 31.3 Å². The third-order valence-electron chi connectivity index (χ3n) is 2.09. The summed E-state index contributed by atoms with van der Waals surface area (Å²) in [5, 5.41) is 7.69. The fourth-order valence-corrected chi connectivity index (χ4v) is 1.47. The summed E-state index contributed by atoms with van der Waals surface area (Å²) in [7, 11) is 1.26. The lowest BCUT2D eigenvalue weighted by Crippen LogP contribution is -2.34. The first kappa shape index (κ1) is 15.7. The Kier molecular flexibility index (Phi) is 6.24. The fourth-order valence-electron chi connectivity index (χ4n) is 1.28. The number of ether oxygens (including phenoxy) is 2. The molecule has 0 aliphatic carbocycles. The molecule has 1 aromatic rings. The van der Waals surface area contributed by atoms with E-state index in [9.17, 15) is 9.59 Å². The quantitative estimate of drug-likeness (QED) is 0.742. The van der Waals surface area contributed by atoms with Gasteiger partial charge in [-0.1, -0.05) is 12.1 Å². The van der Waals surface area contributed by atoms with Crippen molar-refractivity contribution in [3.63, 3.8) is 0 Å². The standard InChI is InChI=1S/C12H15N3O4S/c1-3-19-12(17)15-10(20)13-8-6-4-5-7-9(8)14-11(16)18-2/h4-7H,3H2,1-2H3,(H,14,16)(H2,13,15,17,20). The van der Waals surface area contributed by atoms with Crippen LogP contribution in [0.5, 0.6) is 0 Å². The van der Waals surface area contributed by atoms with Crippen LogP contribution >= 0.6 is 12.2 Å². The van der Waals surface area contributed by atoms with Gasteiger partial charge in [-0.3, -0.25) is 10.6 Å². The van der Waals surface area contributed by atoms with E-state index in [2.05, 4.69) is 20.7 Å². The number of nitrogens with one attached hydrogen (secondary N) is 3. The predicted octanol–water partition coefficient (Wildman–Crippen LogP) is 2.31. The van der Waals surface area contributed by atoms with Gasteiger partial charge in [0, 0.05) is 0 Å². The molecule has 1 aromatic carbocycles. The van der Waals surface area contributed by atoms with Gasteiger partial charge < -0.3 is 14.8 Å². The van der Waals surface area contributed by atoms with Crippen molar-refractivity contribution in [1.29, 1.82) is 0 Å². The van der Waals surface area contributed by atoms with Crippen LogP contribution in [-0.2, 0) is 9.47 Å². The molecule has 0 unspecified atom stereocenters. The summed E-state index contributed by atoms with van der Waals surface area (Å²) in [4.78, 5) is 22.4. The average Bonchev–Trinajstić information content (AvgIpc) is 2.40. The number of methoxy groups -OCH3 is 1. The molecule has 0 atom stereocenters. The zero-order chi connectivity index (χ0) is 15.0. The Morgan fingerprint density at radius 1 is 1.15 bits per heavy atom. The maximum absolute atomic E-state index is 11.2. The van der Waals surface area contributed by atoms with Crippen LogP contribution in [0, 0.1) is 0 Å². The Bertz CT molecular complexity index is 507. The molecule has 0 fully saturated rings. The Morgan fingerprint density at radius 2 is 1.75 bits per heavy atom. The van der Waals surface area contributed by atoms with E-state index in [1.54, 1.807) is 31.2 Å². The minimum Gasteiger partial charge on any atom is -0.453 e. The van der Waals surface area contributed by atoms with Crippen LogP contribution in [0.1, 0.15) is 6.92 Å². The van der Waals surface area contributed by atoms with Crippen molar-refractivity contribution in [2.24, 2.45) is 0 Å². The molecule has 0 bridgehead atoms. The summed E-state index contributed by atoms with van der Waals surface area (Å²) < 4.78 is 9.21. The molecule has 0 aliphatic heterocycles. The molecule has 0 aliphatic rings. The van der Waals surface area contributed by atoms with Gasteiger partial charge in [-0.15, -0.1) is 0 Å². The van der Waals surface area contributed by atoms with Crippen molar-refractivity contribution in [2.75, 3.05) is 24.4 Å². The van der Waals surface area contributed by atoms with E-state index in [1.165, 1.54) is 7.11 Å². The van der Waals surface area contributed by atoms with Crippen LogP contribution in [0.2, 0.25) is 0 Å². The molecule has 0 heterocycles. The zero-order valence-electron chi connectivity index (χ0n) is 11.1. The maximum atomic E-state index is 11.2. The smallest absolute Gasteiger partial charge is 0.413 e. The van der Waals surface area contributed by atoms with Gasteiger partial charge in [-0.25, -0.2) is 9.59 Å². The Morgan fingerprint density at radius 3 is 2.30 bits per heavy atom. The number of hydrogen-bond donors (Lipinski definition) is 3. The minimum atomic E-state index is -0.650. The number of hydrogen-bond acceptors (Lipinski definition) is 5. The van der Waals surface area contributed by atoms with Crippen molar-refractivity contribution < 1.29 is 19.1 Å². The molecule has 1 rings (SSSR count). The van der Waals surface area contributed by atoms with Crippen molar-refractivity contribution in [3.8, 4) is 0 Å². The molecule has 108 valence electrons. The molecule has 3 N–H and O–H groups in total. The number of benzene rings is 1. The second-order valence-corrected chi connectivity index (χ2v) is 3.87. The van der Waals surface area contributed by atoms with Crippen LogP contribution in [0.25, 0.3) is 0 Å². The van der Waals surface area contributed by atoms with Crippen molar-refractivity contribution in [3.05, 3.63) is 24.3 Å². The number of thiocarbonyl (C=S) groups is 1. The maximum Gasteiger partial charge on any atom is 0.413 e. The van der Waals surface area contributed by atoms with E-state index in [0.717, 1.165) is 0 Å². The van der Waals surface area contributed by atoms with E-state index in [1.807, 2.05) is 0 Å². The van der Waals surface area contributed by atoms with Gasteiger partial charge in [0.15, 0.2) is 5.11 Å². The second kappa shape index (κ2) is 7.95. The van der Waals surface area contributed by atoms with E-state index >= 15 is 0 Å². The molecular weight excluding hydrogens is 282 g/mol. The Labute approximate surface area is 121 Å². The average molecular weight is 297 g/mol. The number of rotatable bonds is 3. The summed E-state index contributed by atoms with van der Waals surface area (Å²) in [6.45, 7) is 1.93. The molecule has 0 spiro atoms. The molecular formula is C12H15N3O4S. The highest BCUT2D eigenvalue weighted by Gasteiger charge is 2.09. The first-order chi connectivity index (χ1) is 9.56. The lowest BCUT2D eigenvalue weighted by atomic mass is 10.2. The highest BCUT2D eigenvalue weighted by Crippen LogP contribution is 2.20. The molecule has 2 amide bonds. The van der Waals surface area contributed by atoms with Crippen molar-refractivity contribution in [1.82, 2.24) is 5.32 Å². The normalized spacial score (nSPS) is 9.30. The molecule has 0 radical (unpaired) electrons. The van der Waals surface area contributed by atoms with Crippen molar-refractivity contribution in [2.45, 2.75) is 6.92 Å². The lowest BCUT2D eigenvalue weighted by Gasteiger charge is -2.13. The van der Waals surface area contributed by atoms with E-state index < -0.39 is 12.2 Å². The second-order valence-electron chi connectivity index (χ2n) is 3.46. The summed E-state index contributed by atoms with van der Waals surface area (Å²) in [5.41, 5.74) is 0.979. The van der Waals surface area contributed by atoms with E-state index in [-0.39, 0.29) is 11.7 Å². The molecule has 0 saturated heterocycles. The van der Waals surface area contributed by atoms with Crippen LogP contribution in [0.15, 0.2) is 24.3 Å². The first-order valence-electron chi connectivity index (χ1n) is 5.75. The third-order valence-corrected chi connectivity index (χ3v) is 2.29. The zero-order valence-corrected chi connectivity index (χ0v) is 11.9. The third kappa shape index (κ3) is 5.11. The molecule has 8 heteroatoms. The Balaban J connectivity index is 2.69. The largest absolute Gasteiger partial charge is 0.453 e. The van der Waals surface area contributed by atoms with Gasteiger partial charge >= 0.3 is 12.2 Å². The minimum absolute atomic E-state index is 0.0579. The number of alkyl carbamates (subject to hydrolysis) is 1. The molecule has 0 aromatic heterocycles. The summed E-state index contributed by atoms with van der Waals surface area (Å²) in [5.74, 6) is 0. The number of anilines is 2. The molecule has 20 heavy (non-hydrogen) atoms. The van der Waals surface area contributed by atoms with Gasteiger partial charge in [0.2, 0.25) is 0 Å². The summed E-state index contributed by atoms with van der Waals surface area (Å²) >= 11 is 4.96. The van der Waals surface area contributed by atoms with Crippen molar-refractivity contribution >= 4 is 40.9 Å². The van der Waals surface area contributed by atoms with Crippen LogP contribution in [0.4, 0.5) is 21.0 Å². The van der Waals surface area contributed by atoms with Crippen LogP contribution in [0.3, 0.4) is 0 Å². The highest BCUT2D eigenvalue weighted by atomic mass is 32.1. The Hall–Kier alpha value is -2.35. The molecule has 7 nitrogen and oxygen atoms in total. The monoisotopic (exact) mass is 297 g/mol. The number of carbonyl (C=O) groups is 2. The first-order valence-corrected chi connectivity index (χ1v) is 6.16. The van der Waals surface area contributed by atoms with Crippen LogP contribution < -0.4 is 16.0 Å². The lowest BCUT2D eigenvalue weighted by molar-refractivity contribution is 0.158. The molecule has 0 saturated carbocycles. The number of carbonyl (C=O) groups excluding carboxylic acids is 2. The summed E-state index contributed by atoms with van der Waals surface area (Å²) in [6.07, 6.45) is -1.26. The predicted molar refractivity (Wildman–Crippen MR) is 78.8 cm³/mol. The van der Waals surface area contributed by atoms with Gasteiger partial charge in [0.05, 0.1) is 25.1 Å².